The van der Waals surface area contributed by atoms with Crippen molar-refractivity contribution in [2.45, 2.75) is 19.4 Å². The van der Waals surface area contributed by atoms with Gasteiger partial charge in [-0.3, -0.25) is 19.3 Å². The van der Waals surface area contributed by atoms with E-state index in [1.54, 1.807) is 31.2 Å². The van der Waals surface area contributed by atoms with Gasteiger partial charge in [-0.1, -0.05) is 18.2 Å². The van der Waals surface area contributed by atoms with Crippen molar-refractivity contribution in [2.75, 3.05) is 6.54 Å². The zero-order valence-electron chi connectivity index (χ0n) is 14.9. The Bertz CT molecular complexity index is 1020. The van der Waals surface area contributed by atoms with Gasteiger partial charge < -0.3 is 10.3 Å². The number of carbonyl (C=O) groups excluding carboxylic acids is 3. The quantitative estimate of drug-likeness (QED) is 0.685. The Hall–Kier alpha value is -3.41. The molecule has 0 aliphatic carbocycles. The van der Waals surface area contributed by atoms with E-state index in [0.29, 0.717) is 24.1 Å². The smallest absolute Gasteiger partial charge is 0.262 e. The summed E-state index contributed by atoms with van der Waals surface area (Å²) in [6.45, 7) is 2.01. The summed E-state index contributed by atoms with van der Waals surface area (Å²) in [4.78, 5) is 41.6. The summed E-state index contributed by atoms with van der Waals surface area (Å²) in [7, 11) is 0. The normalized spacial score (nSPS) is 14.5. The van der Waals surface area contributed by atoms with Crippen LogP contribution in [0.4, 0.5) is 0 Å². The summed E-state index contributed by atoms with van der Waals surface area (Å²) in [5.74, 6) is -1.18. The Kier molecular flexibility index (Phi) is 4.24. The number of imide groups is 1. The molecule has 27 heavy (non-hydrogen) atoms. The van der Waals surface area contributed by atoms with E-state index in [0.717, 1.165) is 21.4 Å². The van der Waals surface area contributed by atoms with Gasteiger partial charge in [-0.25, -0.2) is 0 Å². The first-order chi connectivity index (χ1) is 13.1. The zero-order valence-corrected chi connectivity index (χ0v) is 14.9. The molecular weight excluding hydrogens is 342 g/mol. The predicted octanol–water partition coefficient (Wildman–Crippen LogP) is 2.51. The van der Waals surface area contributed by atoms with Gasteiger partial charge in [0.05, 0.1) is 11.1 Å². The molecule has 3 amide bonds. The molecule has 2 heterocycles. The number of carbonyl (C=O) groups is 3. The minimum atomic E-state index is -0.857. The molecule has 1 aliphatic rings. The number of hydrogen-bond donors (Lipinski definition) is 2. The highest BCUT2D eigenvalue weighted by atomic mass is 16.2. The molecule has 2 N–H and O–H groups in total. The number of aromatic amines is 1. The van der Waals surface area contributed by atoms with Gasteiger partial charge in [-0.15, -0.1) is 0 Å². The van der Waals surface area contributed by atoms with E-state index in [2.05, 4.69) is 16.4 Å². The molecule has 6 nitrogen and oxygen atoms in total. The van der Waals surface area contributed by atoms with E-state index in [1.165, 1.54) is 0 Å². The third kappa shape index (κ3) is 2.99. The molecule has 3 aromatic rings. The molecule has 0 saturated heterocycles. The first kappa shape index (κ1) is 17.0. The van der Waals surface area contributed by atoms with Crippen LogP contribution in [0.15, 0.2) is 54.7 Å². The van der Waals surface area contributed by atoms with Crippen LogP contribution in [0.1, 0.15) is 33.2 Å². The summed E-state index contributed by atoms with van der Waals surface area (Å²) in [6, 6.07) is 13.9. The van der Waals surface area contributed by atoms with Crippen LogP contribution < -0.4 is 5.32 Å². The molecule has 0 saturated carbocycles. The highest BCUT2D eigenvalue weighted by Crippen LogP contribution is 2.24. The Morgan fingerprint density at radius 1 is 1.07 bits per heavy atom. The number of rotatable bonds is 5. The molecule has 2 aromatic carbocycles. The Morgan fingerprint density at radius 2 is 1.78 bits per heavy atom. The third-order valence-electron chi connectivity index (χ3n) is 4.92. The molecule has 6 heteroatoms. The molecule has 0 bridgehead atoms. The van der Waals surface area contributed by atoms with E-state index in [9.17, 15) is 14.4 Å². The van der Waals surface area contributed by atoms with E-state index >= 15 is 0 Å². The largest absolute Gasteiger partial charge is 0.361 e. The number of H-pyrrole nitrogens is 1. The van der Waals surface area contributed by atoms with Crippen LogP contribution in [0.3, 0.4) is 0 Å². The van der Waals surface area contributed by atoms with Crippen molar-refractivity contribution in [3.05, 3.63) is 71.4 Å². The maximum Gasteiger partial charge on any atom is 0.262 e. The second-order valence-electron chi connectivity index (χ2n) is 6.64. The molecule has 0 radical (unpaired) electrons. The maximum atomic E-state index is 12.5. The summed E-state index contributed by atoms with van der Waals surface area (Å²) in [5, 5.41) is 3.95. The fraction of sp³-hybridized carbons (Fsp3) is 0.190. The second-order valence-corrected chi connectivity index (χ2v) is 6.64. The molecule has 0 spiro atoms. The van der Waals surface area contributed by atoms with Crippen molar-refractivity contribution in [2.24, 2.45) is 0 Å². The van der Waals surface area contributed by atoms with Crippen LogP contribution in [-0.4, -0.2) is 40.2 Å². The fourth-order valence-electron chi connectivity index (χ4n) is 3.41. The molecule has 1 unspecified atom stereocenters. The second kappa shape index (κ2) is 6.72. The number of nitrogens with zero attached hydrogens (tertiary/aromatic N) is 1. The SMILES string of the molecule is CC(C(=O)NCCc1ccc2[nH]ccc2c1)N1C(=O)c2ccccc2C1=O. The number of fused-ring (bicyclic) bond motifs is 2. The first-order valence-electron chi connectivity index (χ1n) is 8.87. The summed E-state index contributed by atoms with van der Waals surface area (Å²) >= 11 is 0. The minimum absolute atomic E-state index is 0.341. The van der Waals surface area contributed by atoms with E-state index in [4.69, 9.17) is 0 Å². The Morgan fingerprint density at radius 3 is 2.48 bits per heavy atom. The van der Waals surface area contributed by atoms with Crippen molar-refractivity contribution < 1.29 is 14.4 Å². The van der Waals surface area contributed by atoms with Gasteiger partial charge in [0, 0.05) is 18.3 Å². The van der Waals surface area contributed by atoms with Crippen molar-refractivity contribution >= 4 is 28.6 Å². The lowest BCUT2D eigenvalue weighted by molar-refractivity contribution is -0.124. The first-order valence-corrected chi connectivity index (χ1v) is 8.87. The van der Waals surface area contributed by atoms with Crippen LogP contribution in [0.2, 0.25) is 0 Å². The van der Waals surface area contributed by atoms with Gasteiger partial charge in [0.15, 0.2) is 0 Å². The average Bonchev–Trinajstić information content (AvgIpc) is 3.24. The lowest BCUT2D eigenvalue weighted by Crippen LogP contribution is -2.48. The van der Waals surface area contributed by atoms with Crippen LogP contribution >= 0.6 is 0 Å². The molecule has 1 aromatic heterocycles. The van der Waals surface area contributed by atoms with Gasteiger partial charge in [0.2, 0.25) is 5.91 Å². The predicted molar refractivity (Wildman–Crippen MR) is 101 cm³/mol. The van der Waals surface area contributed by atoms with Gasteiger partial charge in [0.1, 0.15) is 6.04 Å². The maximum absolute atomic E-state index is 12.5. The van der Waals surface area contributed by atoms with Gasteiger partial charge in [-0.2, -0.15) is 0 Å². The molecule has 1 atom stereocenters. The van der Waals surface area contributed by atoms with E-state index in [-0.39, 0.29) is 5.91 Å². The Labute approximate surface area is 156 Å². The van der Waals surface area contributed by atoms with Crippen LogP contribution in [-0.2, 0) is 11.2 Å². The number of hydrogen-bond acceptors (Lipinski definition) is 3. The lowest BCUT2D eigenvalue weighted by Gasteiger charge is -2.21. The van der Waals surface area contributed by atoms with Crippen LogP contribution in [0.5, 0.6) is 0 Å². The standard InChI is InChI=1S/C21H19N3O3/c1-13(24-20(26)16-4-2-3-5-17(16)21(24)27)19(25)23-10-8-14-6-7-18-15(12-14)9-11-22-18/h2-7,9,11-13,22H,8,10H2,1H3,(H,23,25). The third-order valence-corrected chi connectivity index (χ3v) is 4.92. The number of nitrogens with one attached hydrogen (secondary N) is 2. The molecule has 0 fully saturated rings. The highest BCUT2D eigenvalue weighted by Gasteiger charge is 2.40. The molecular formula is C21H19N3O3. The minimum Gasteiger partial charge on any atom is -0.361 e. The van der Waals surface area contributed by atoms with Crippen molar-refractivity contribution in [1.82, 2.24) is 15.2 Å². The van der Waals surface area contributed by atoms with Crippen LogP contribution in [0.25, 0.3) is 10.9 Å². The molecule has 136 valence electrons. The summed E-state index contributed by atoms with van der Waals surface area (Å²) in [5.41, 5.74) is 2.88. The van der Waals surface area contributed by atoms with Gasteiger partial charge in [0.25, 0.3) is 11.8 Å². The van der Waals surface area contributed by atoms with Crippen molar-refractivity contribution in [3.8, 4) is 0 Å². The lowest BCUT2D eigenvalue weighted by atomic mass is 10.1. The zero-order chi connectivity index (χ0) is 19.0. The van der Waals surface area contributed by atoms with Gasteiger partial charge in [-0.05, 0) is 54.6 Å². The van der Waals surface area contributed by atoms with Gasteiger partial charge >= 0.3 is 0 Å². The molecule has 1 aliphatic heterocycles. The summed E-state index contributed by atoms with van der Waals surface area (Å²) in [6.07, 6.45) is 2.56. The van der Waals surface area contributed by atoms with E-state index in [1.807, 2.05) is 24.4 Å². The number of amides is 3. The van der Waals surface area contributed by atoms with Crippen LogP contribution in [0, 0.1) is 0 Å². The summed E-state index contributed by atoms with van der Waals surface area (Å²) < 4.78 is 0. The average molecular weight is 361 g/mol. The Balaban J connectivity index is 1.38. The monoisotopic (exact) mass is 361 g/mol. The number of benzene rings is 2. The van der Waals surface area contributed by atoms with E-state index < -0.39 is 17.9 Å². The fourth-order valence-corrected chi connectivity index (χ4v) is 3.41. The molecule has 4 rings (SSSR count). The van der Waals surface area contributed by atoms with Crippen molar-refractivity contribution in [1.29, 1.82) is 0 Å². The van der Waals surface area contributed by atoms with Crippen molar-refractivity contribution in [3.63, 3.8) is 0 Å². The highest BCUT2D eigenvalue weighted by molar-refractivity contribution is 6.22. The number of aromatic nitrogens is 1. The topological polar surface area (TPSA) is 82.3 Å².